The number of benzene rings is 2. The predicted octanol–water partition coefficient (Wildman–Crippen LogP) is 5.65. The van der Waals surface area contributed by atoms with Crippen LogP contribution in [-0.2, 0) is 19.8 Å². The molecule has 0 aliphatic carbocycles. The number of anilines is 1. The summed E-state index contributed by atoms with van der Waals surface area (Å²) in [5.74, 6) is 5.50. The molecule has 1 N–H and O–H groups in total. The monoisotopic (exact) mass is 565 g/mol. The molecule has 0 spiro atoms. The first kappa shape index (κ1) is 27.7. The molecule has 206 valence electrons. The number of aryl methyl sites for hydroxylation is 1. The van der Waals surface area contributed by atoms with Gasteiger partial charge in [0.2, 0.25) is 0 Å². The van der Waals surface area contributed by atoms with Crippen LogP contribution in [0.2, 0.25) is 5.02 Å². The summed E-state index contributed by atoms with van der Waals surface area (Å²) in [4.78, 5) is 21.4. The standard InChI is InChI=1S/C30H27ClF3N5O/c1-37-11-13-39(14-12-37)19-23-5-7-24(16-26(23)30(32,33)34)36-29(40)21-6-8-27(31)20(15-21)3-4-22-17-35-18-28-25(22)9-10-38(28)2/h5-10,15-18H,11-14,19H2,1-2H3,(H,36,40). The van der Waals surface area contributed by atoms with Crippen molar-refractivity contribution >= 4 is 34.1 Å². The fraction of sp³-hybridized carbons (Fsp3) is 0.267. The predicted molar refractivity (Wildman–Crippen MR) is 150 cm³/mol. The minimum atomic E-state index is -4.55. The van der Waals surface area contributed by atoms with Crippen molar-refractivity contribution in [3.63, 3.8) is 0 Å². The van der Waals surface area contributed by atoms with Gasteiger partial charge in [-0.15, -0.1) is 0 Å². The quantitative estimate of drug-likeness (QED) is 0.325. The summed E-state index contributed by atoms with van der Waals surface area (Å²) in [5, 5.41) is 3.88. The SMILES string of the molecule is CN1CCN(Cc2ccc(NC(=O)c3ccc(Cl)c(C#Cc4cncc5c4ccn5C)c3)cc2C(F)(F)F)CC1. The van der Waals surface area contributed by atoms with E-state index < -0.39 is 17.6 Å². The summed E-state index contributed by atoms with van der Waals surface area (Å²) >= 11 is 6.34. The first-order valence-corrected chi connectivity index (χ1v) is 13.1. The Morgan fingerprint density at radius 3 is 2.50 bits per heavy atom. The zero-order valence-corrected chi connectivity index (χ0v) is 22.8. The highest BCUT2D eigenvalue weighted by molar-refractivity contribution is 6.32. The Bertz CT molecular complexity index is 1630. The molecule has 0 unspecified atom stereocenters. The van der Waals surface area contributed by atoms with E-state index in [2.05, 4.69) is 27.0 Å². The molecule has 1 aliphatic rings. The second kappa shape index (κ2) is 11.3. The lowest BCUT2D eigenvalue weighted by atomic mass is 10.0. The molecular formula is C30H27ClF3N5O. The van der Waals surface area contributed by atoms with Gasteiger partial charge in [-0.25, -0.2) is 0 Å². The molecule has 4 aromatic rings. The highest BCUT2D eigenvalue weighted by Gasteiger charge is 2.34. The number of alkyl halides is 3. The van der Waals surface area contributed by atoms with Gasteiger partial charge in [0.15, 0.2) is 0 Å². The molecule has 2 aromatic heterocycles. The molecule has 1 amide bonds. The summed E-state index contributed by atoms with van der Waals surface area (Å²) in [7, 11) is 3.91. The van der Waals surface area contributed by atoms with E-state index in [4.69, 9.17) is 11.6 Å². The van der Waals surface area contributed by atoms with Crippen molar-refractivity contribution in [2.75, 3.05) is 38.5 Å². The number of hydrogen-bond acceptors (Lipinski definition) is 4. The van der Waals surface area contributed by atoms with Crippen LogP contribution >= 0.6 is 11.6 Å². The molecule has 0 bridgehead atoms. The number of likely N-dealkylation sites (N-methyl/N-ethyl adjacent to an activating group) is 1. The molecule has 0 saturated carbocycles. The number of fused-ring (bicyclic) bond motifs is 1. The topological polar surface area (TPSA) is 53.4 Å². The average Bonchev–Trinajstić information content (AvgIpc) is 3.31. The van der Waals surface area contributed by atoms with Crippen molar-refractivity contribution in [2.45, 2.75) is 12.7 Å². The molecule has 1 fully saturated rings. The van der Waals surface area contributed by atoms with E-state index in [-0.39, 0.29) is 23.4 Å². The molecule has 1 saturated heterocycles. The van der Waals surface area contributed by atoms with Gasteiger partial charge in [0.25, 0.3) is 5.91 Å². The first-order chi connectivity index (χ1) is 19.1. The molecule has 3 heterocycles. The van der Waals surface area contributed by atoms with Gasteiger partial charge in [-0.2, -0.15) is 13.2 Å². The minimum absolute atomic E-state index is 0.0591. The van der Waals surface area contributed by atoms with Crippen LogP contribution in [0.25, 0.3) is 10.9 Å². The van der Waals surface area contributed by atoms with E-state index >= 15 is 0 Å². The van der Waals surface area contributed by atoms with Gasteiger partial charge >= 0.3 is 6.18 Å². The van der Waals surface area contributed by atoms with Crippen molar-refractivity contribution in [2.24, 2.45) is 7.05 Å². The third kappa shape index (κ3) is 6.15. The van der Waals surface area contributed by atoms with E-state index in [1.54, 1.807) is 18.5 Å². The van der Waals surface area contributed by atoms with Crippen LogP contribution in [0.3, 0.4) is 0 Å². The molecule has 2 aromatic carbocycles. The van der Waals surface area contributed by atoms with Gasteiger partial charge in [0.05, 0.1) is 27.9 Å². The number of carbonyl (C=O) groups is 1. The highest BCUT2D eigenvalue weighted by atomic mass is 35.5. The van der Waals surface area contributed by atoms with Gasteiger partial charge in [-0.1, -0.05) is 29.5 Å². The molecule has 1 aliphatic heterocycles. The third-order valence-corrected chi connectivity index (χ3v) is 7.36. The number of nitrogens with one attached hydrogen (secondary N) is 1. The number of nitrogens with zero attached hydrogens (tertiary/aromatic N) is 4. The first-order valence-electron chi connectivity index (χ1n) is 12.7. The Hall–Kier alpha value is -3.84. The van der Waals surface area contributed by atoms with E-state index in [0.717, 1.165) is 30.1 Å². The summed E-state index contributed by atoms with van der Waals surface area (Å²) in [6, 6.07) is 10.5. The summed E-state index contributed by atoms with van der Waals surface area (Å²) in [6.45, 7) is 3.21. The van der Waals surface area contributed by atoms with Crippen LogP contribution in [0.4, 0.5) is 18.9 Å². The Kier molecular flexibility index (Phi) is 7.86. The molecule has 0 radical (unpaired) electrons. The van der Waals surface area contributed by atoms with Crippen LogP contribution in [0.5, 0.6) is 0 Å². The van der Waals surface area contributed by atoms with Crippen molar-refractivity contribution in [3.05, 3.63) is 93.9 Å². The summed E-state index contributed by atoms with van der Waals surface area (Å²) < 4.78 is 43.8. The van der Waals surface area contributed by atoms with E-state index in [1.807, 2.05) is 35.8 Å². The Morgan fingerprint density at radius 1 is 1.00 bits per heavy atom. The van der Waals surface area contributed by atoms with Crippen molar-refractivity contribution in [1.29, 1.82) is 0 Å². The lowest BCUT2D eigenvalue weighted by molar-refractivity contribution is -0.138. The third-order valence-electron chi connectivity index (χ3n) is 7.03. The number of hydrogen-bond donors (Lipinski definition) is 1. The van der Waals surface area contributed by atoms with Crippen molar-refractivity contribution < 1.29 is 18.0 Å². The maximum atomic E-state index is 14.0. The molecule has 0 atom stereocenters. The van der Waals surface area contributed by atoms with Crippen molar-refractivity contribution in [1.82, 2.24) is 19.4 Å². The number of rotatable bonds is 4. The maximum absolute atomic E-state index is 14.0. The smallest absolute Gasteiger partial charge is 0.349 e. The number of piperazine rings is 1. The van der Waals surface area contributed by atoms with E-state index in [0.29, 0.717) is 29.2 Å². The molecule has 6 nitrogen and oxygen atoms in total. The van der Waals surface area contributed by atoms with Gasteiger partial charge in [-0.05, 0) is 49.0 Å². The van der Waals surface area contributed by atoms with Crippen LogP contribution in [0.1, 0.15) is 32.6 Å². The molecule has 5 rings (SSSR count). The summed E-state index contributed by atoms with van der Waals surface area (Å²) in [6.07, 6.45) is 0.772. The second-order valence-electron chi connectivity index (χ2n) is 9.89. The van der Waals surface area contributed by atoms with Crippen LogP contribution in [0.15, 0.2) is 61.1 Å². The number of pyridine rings is 1. The summed E-state index contributed by atoms with van der Waals surface area (Å²) in [5.41, 5.74) is 1.77. The van der Waals surface area contributed by atoms with E-state index in [9.17, 15) is 18.0 Å². The second-order valence-corrected chi connectivity index (χ2v) is 10.3. The zero-order chi connectivity index (χ0) is 28.4. The highest BCUT2D eigenvalue weighted by Crippen LogP contribution is 2.35. The maximum Gasteiger partial charge on any atom is 0.416 e. The number of carbonyl (C=O) groups excluding carboxylic acids is 1. The van der Waals surface area contributed by atoms with Gasteiger partial charge in [-0.3, -0.25) is 14.7 Å². The molecular weight excluding hydrogens is 539 g/mol. The fourth-order valence-corrected chi connectivity index (χ4v) is 4.85. The number of amides is 1. The van der Waals surface area contributed by atoms with Gasteiger partial charge in [0.1, 0.15) is 0 Å². The number of halogens is 4. The normalized spacial score (nSPS) is 14.7. The van der Waals surface area contributed by atoms with Crippen LogP contribution < -0.4 is 5.32 Å². The Balaban J connectivity index is 1.36. The van der Waals surface area contributed by atoms with Gasteiger partial charge in [0, 0.05) is 74.4 Å². The van der Waals surface area contributed by atoms with E-state index in [1.165, 1.54) is 24.3 Å². The van der Waals surface area contributed by atoms with Gasteiger partial charge < -0.3 is 14.8 Å². The minimum Gasteiger partial charge on any atom is -0.349 e. The zero-order valence-electron chi connectivity index (χ0n) is 22.0. The molecule has 40 heavy (non-hydrogen) atoms. The fourth-order valence-electron chi connectivity index (χ4n) is 4.69. The Morgan fingerprint density at radius 2 is 1.75 bits per heavy atom. The van der Waals surface area contributed by atoms with Crippen LogP contribution in [-0.4, -0.2) is 58.5 Å². The van der Waals surface area contributed by atoms with Crippen LogP contribution in [0, 0.1) is 11.8 Å². The molecule has 10 heteroatoms. The Labute approximate surface area is 235 Å². The lowest BCUT2D eigenvalue weighted by Gasteiger charge is -2.33. The average molecular weight is 566 g/mol. The largest absolute Gasteiger partial charge is 0.416 e. The number of aromatic nitrogens is 2. The lowest BCUT2D eigenvalue weighted by Crippen LogP contribution is -2.44. The van der Waals surface area contributed by atoms with Crippen molar-refractivity contribution in [3.8, 4) is 11.8 Å².